The largest absolute Gasteiger partial charge is 0.504 e. The van der Waals surface area contributed by atoms with Crippen LogP contribution in [0.5, 0.6) is 23.0 Å². The molecule has 0 aliphatic carbocycles. The molecule has 0 atom stereocenters. The van der Waals surface area contributed by atoms with E-state index in [0.717, 1.165) is 12.1 Å². The first-order chi connectivity index (χ1) is 9.73. The van der Waals surface area contributed by atoms with Gasteiger partial charge in [0, 0.05) is 19.0 Å². The summed E-state index contributed by atoms with van der Waals surface area (Å²) in [6.45, 7) is 0. The number of phenols is 4. The van der Waals surface area contributed by atoms with E-state index in [2.05, 4.69) is 47.8 Å². The molecule has 2 rings (SSSR count). The summed E-state index contributed by atoms with van der Waals surface area (Å²) in [6.07, 6.45) is 0. The van der Waals surface area contributed by atoms with Gasteiger partial charge in [-0.15, -0.1) is 0 Å². The van der Waals surface area contributed by atoms with Crippen LogP contribution in [0.2, 0.25) is 0 Å². The van der Waals surface area contributed by atoms with E-state index >= 15 is 0 Å². The third-order valence-corrected chi connectivity index (χ3v) is 5.35. The minimum Gasteiger partial charge on any atom is -0.504 e. The number of halogens is 3. The number of carbonyl (C=O) groups is 1. The Hall–Kier alpha value is -1.25. The Labute approximate surface area is 144 Å². The van der Waals surface area contributed by atoms with Gasteiger partial charge in [0.1, 0.15) is 0 Å². The molecule has 0 spiro atoms. The number of aromatic hydroxyl groups is 4. The van der Waals surface area contributed by atoms with Gasteiger partial charge in [-0.3, -0.25) is 4.79 Å². The van der Waals surface area contributed by atoms with Crippen molar-refractivity contribution in [3.05, 3.63) is 42.7 Å². The molecule has 5 nitrogen and oxygen atoms in total. The molecule has 2 aromatic rings. The molecule has 0 fully saturated rings. The monoisotopic (exact) mass is 480 g/mol. The molecule has 8 heteroatoms. The van der Waals surface area contributed by atoms with E-state index in [-0.39, 0.29) is 25.8 Å². The zero-order valence-electron chi connectivity index (χ0n) is 10.1. The zero-order valence-corrected chi connectivity index (χ0v) is 14.8. The van der Waals surface area contributed by atoms with Gasteiger partial charge < -0.3 is 20.4 Å². The highest BCUT2D eigenvalue weighted by atomic mass is 79.9. The average molecular weight is 483 g/mol. The number of benzene rings is 2. The molecular weight excluding hydrogens is 476 g/mol. The van der Waals surface area contributed by atoms with Crippen LogP contribution in [0.15, 0.2) is 31.6 Å². The Morgan fingerprint density at radius 2 is 1.33 bits per heavy atom. The molecule has 0 aromatic heterocycles. The second-order valence-corrected chi connectivity index (χ2v) is 6.57. The molecule has 110 valence electrons. The lowest BCUT2D eigenvalue weighted by atomic mass is 10.0. The molecule has 2 aromatic carbocycles. The summed E-state index contributed by atoms with van der Waals surface area (Å²) in [6, 6.07) is 3.45. The van der Waals surface area contributed by atoms with Crippen LogP contribution in [-0.2, 0) is 0 Å². The number of hydrogen-bond donors (Lipinski definition) is 4. The zero-order chi connectivity index (χ0) is 15.9. The fourth-order valence-electron chi connectivity index (χ4n) is 1.67. The fourth-order valence-corrected chi connectivity index (χ4v) is 3.08. The van der Waals surface area contributed by atoms with Gasteiger partial charge in [-0.1, -0.05) is 0 Å². The highest BCUT2D eigenvalue weighted by Gasteiger charge is 2.24. The van der Waals surface area contributed by atoms with Crippen LogP contribution in [0.25, 0.3) is 0 Å². The molecule has 0 saturated heterocycles. The van der Waals surface area contributed by atoms with E-state index in [1.165, 1.54) is 6.07 Å². The minimum absolute atomic E-state index is 0.0128. The highest BCUT2D eigenvalue weighted by Crippen LogP contribution is 2.42. The van der Waals surface area contributed by atoms with Gasteiger partial charge in [0.05, 0.1) is 5.56 Å². The maximum absolute atomic E-state index is 12.5. The summed E-state index contributed by atoms with van der Waals surface area (Å²) in [7, 11) is 0. The Balaban J connectivity index is 2.69. The third-order valence-electron chi connectivity index (χ3n) is 2.71. The normalized spacial score (nSPS) is 10.6. The van der Waals surface area contributed by atoms with E-state index in [1.807, 2.05) is 0 Å². The summed E-state index contributed by atoms with van der Waals surface area (Å²) < 4.78 is 0.858. The van der Waals surface area contributed by atoms with Gasteiger partial charge in [0.25, 0.3) is 0 Å². The van der Waals surface area contributed by atoms with Gasteiger partial charge in [-0.25, -0.2) is 0 Å². The molecule has 0 unspecified atom stereocenters. The highest BCUT2D eigenvalue weighted by molar-refractivity contribution is 9.13. The Bertz CT molecular complexity index is 732. The van der Waals surface area contributed by atoms with Gasteiger partial charge in [0.15, 0.2) is 28.8 Å². The van der Waals surface area contributed by atoms with Crippen LogP contribution in [0.3, 0.4) is 0 Å². The van der Waals surface area contributed by atoms with Crippen LogP contribution in [0, 0.1) is 0 Å². The van der Waals surface area contributed by atoms with Gasteiger partial charge in [0.2, 0.25) is 0 Å². The predicted molar refractivity (Wildman–Crippen MR) is 86.1 cm³/mol. The first-order valence-electron chi connectivity index (χ1n) is 5.40. The average Bonchev–Trinajstić information content (AvgIpc) is 2.40. The smallest absolute Gasteiger partial charge is 0.199 e. The molecule has 0 amide bonds. The number of phenolic OH excluding ortho intramolecular Hbond substituents is 4. The first kappa shape index (κ1) is 16.1. The van der Waals surface area contributed by atoms with E-state index in [1.54, 1.807) is 0 Å². The Morgan fingerprint density at radius 1 is 0.810 bits per heavy atom. The summed E-state index contributed by atoms with van der Waals surface area (Å²) in [5.41, 5.74) is -0.161. The van der Waals surface area contributed by atoms with Crippen LogP contribution in [0.4, 0.5) is 0 Å². The second-order valence-electron chi connectivity index (χ2n) is 4.06. The van der Waals surface area contributed by atoms with Gasteiger partial charge >= 0.3 is 0 Å². The maximum Gasteiger partial charge on any atom is 0.199 e. The minimum atomic E-state index is -0.654. The van der Waals surface area contributed by atoms with Crippen LogP contribution in [0.1, 0.15) is 15.9 Å². The fraction of sp³-hybridized carbons (Fsp3) is 0. The van der Waals surface area contributed by atoms with Crippen molar-refractivity contribution in [2.24, 2.45) is 0 Å². The summed E-state index contributed by atoms with van der Waals surface area (Å²) in [5, 5.41) is 38.4. The van der Waals surface area contributed by atoms with E-state index in [9.17, 15) is 25.2 Å². The SMILES string of the molecule is O=C(c1cc(O)c(O)cc1Br)c1c(O)c(O)cc(Br)c1Br. The van der Waals surface area contributed by atoms with Crippen molar-refractivity contribution in [3.8, 4) is 23.0 Å². The van der Waals surface area contributed by atoms with Crippen molar-refractivity contribution in [3.63, 3.8) is 0 Å². The summed E-state index contributed by atoms with van der Waals surface area (Å²) in [5.74, 6) is -2.57. The number of ketones is 1. The molecule has 0 heterocycles. The van der Waals surface area contributed by atoms with Crippen LogP contribution < -0.4 is 0 Å². The van der Waals surface area contributed by atoms with Crippen molar-refractivity contribution in [1.82, 2.24) is 0 Å². The molecular formula is C13H7Br3O5. The summed E-state index contributed by atoms with van der Waals surface area (Å²) >= 11 is 9.40. The molecule has 21 heavy (non-hydrogen) atoms. The molecule has 0 radical (unpaired) electrons. The van der Waals surface area contributed by atoms with Crippen molar-refractivity contribution >= 4 is 53.6 Å². The number of rotatable bonds is 2. The lowest BCUT2D eigenvalue weighted by molar-refractivity contribution is 0.103. The molecule has 0 bridgehead atoms. The van der Waals surface area contributed by atoms with E-state index in [4.69, 9.17) is 0 Å². The van der Waals surface area contributed by atoms with E-state index in [0.29, 0.717) is 4.47 Å². The Morgan fingerprint density at radius 3 is 1.95 bits per heavy atom. The van der Waals surface area contributed by atoms with Crippen LogP contribution >= 0.6 is 47.8 Å². The second kappa shape index (κ2) is 5.86. The number of carbonyl (C=O) groups excluding carboxylic acids is 1. The maximum atomic E-state index is 12.5. The summed E-state index contributed by atoms with van der Waals surface area (Å²) in [4.78, 5) is 12.5. The molecule has 4 N–H and O–H groups in total. The van der Waals surface area contributed by atoms with Gasteiger partial charge in [-0.05, 0) is 66.0 Å². The lowest BCUT2D eigenvalue weighted by Gasteiger charge is -2.11. The van der Waals surface area contributed by atoms with E-state index < -0.39 is 23.0 Å². The topological polar surface area (TPSA) is 98.0 Å². The molecule has 0 saturated carbocycles. The lowest BCUT2D eigenvalue weighted by Crippen LogP contribution is -2.04. The standard InChI is InChI=1S/C13H7Br3O5/c14-5-2-8(18)7(17)1-4(5)12(20)10-11(16)6(15)3-9(19)13(10)21/h1-3,17-19,21H. The van der Waals surface area contributed by atoms with Crippen molar-refractivity contribution < 1.29 is 25.2 Å². The number of hydrogen-bond acceptors (Lipinski definition) is 5. The van der Waals surface area contributed by atoms with Crippen LogP contribution in [-0.4, -0.2) is 26.2 Å². The molecule has 0 aliphatic heterocycles. The predicted octanol–water partition coefficient (Wildman–Crippen LogP) is 4.03. The first-order valence-corrected chi connectivity index (χ1v) is 7.78. The third kappa shape index (κ3) is 2.88. The quantitative estimate of drug-likeness (QED) is 0.383. The van der Waals surface area contributed by atoms with Crippen molar-refractivity contribution in [1.29, 1.82) is 0 Å². The van der Waals surface area contributed by atoms with Gasteiger partial charge in [-0.2, -0.15) is 0 Å². The van der Waals surface area contributed by atoms with Crippen molar-refractivity contribution in [2.45, 2.75) is 0 Å². The molecule has 0 aliphatic rings. The Kier molecular flexibility index (Phi) is 4.50. The van der Waals surface area contributed by atoms with Crippen molar-refractivity contribution in [2.75, 3.05) is 0 Å².